The van der Waals surface area contributed by atoms with E-state index in [1.807, 2.05) is 13.8 Å². The third-order valence-corrected chi connectivity index (χ3v) is 3.16. The minimum Gasteiger partial charge on any atom is -0.391 e. The number of nitrogens with zero attached hydrogens (tertiary/aromatic N) is 1. The summed E-state index contributed by atoms with van der Waals surface area (Å²) < 4.78 is 0. The molecule has 3 N–H and O–H groups in total. The van der Waals surface area contributed by atoms with Crippen molar-refractivity contribution < 1.29 is 9.90 Å². The molecule has 1 amide bonds. The monoisotopic (exact) mass is 214 g/mol. The van der Waals surface area contributed by atoms with E-state index in [9.17, 15) is 9.90 Å². The fourth-order valence-corrected chi connectivity index (χ4v) is 2.10. The summed E-state index contributed by atoms with van der Waals surface area (Å²) in [6, 6.07) is -0.391. The summed E-state index contributed by atoms with van der Waals surface area (Å²) in [5, 5.41) is 9.69. The Labute approximate surface area is 91.4 Å². The number of aliphatic hydroxyl groups excluding tert-OH is 1. The molecule has 0 aliphatic carbocycles. The molecular formula is C11H22N2O2. The second kappa shape index (κ2) is 5.47. The highest BCUT2D eigenvalue weighted by Crippen LogP contribution is 2.20. The van der Waals surface area contributed by atoms with Crippen LogP contribution in [0.1, 0.15) is 33.1 Å². The quantitative estimate of drug-likeness (QED) is 0.709. The predicted octanol–water partition coefficient (Wildman–Crippen LogP) is 0.343. The van der Waals surface area contributed by atoms with Gasteiger partial charge in [-0.25, -0.2) is 0 Å². The van der Waals surface area contributed by atoms with Crippen molar-refractivity contribution in [3.63, 3.8) is 0 Å². The molecule has 0 spiro atoms. The summed E-state index contributed by atoms with van der Waals surface area (Å²) in [7, 11) is 0. The van der Waals surface area contributed by atoms with Crippen LogP contribution < -0.4 is 5.73 Å². The van der Waals surface area contributed by atoms with Crippen LogP contribution >= 0.6 is 0 Å². The number of carbonyl (C=O) groups excluding carboxylic acids is 1. The molecule has 0 radical (unpaired) electrons. The zero-order valence-corrected chi connectivity index (χ0v) is 9.65. The first-order valence-corrected chi connectivity index (χ1v) is 5.82. The highest BCUT2D eigenvalue weighted by Gasteiger charge is 2.34. The molecule has 1 aliphatic rings. The van der Waals surface area contributed by atoms with Gasteiger partial charge in [0.15, 0.2) is 0 Å². The van der Waals surface area contributed by atoms with E-state index in [1.165, 1.54) is 0 Å². The molecule has 1 rings (SSSR count). The number of hydrogen-bond acceptors (Lipinski definition) is 3. The molecule has 4 heteroatoms. The molecule has 1 fully saturated rings. The van der Waals surface area contributed by atoms with Gasteiger partial charge >= 0.3 is 0 Å². The minimum atomic E-state index is -0.391. The Hall–Kier alpha value is -0.610. The van der Waals surface area contributed by atoms with Gasteiger partial charge in [0.2, 0.25) is 5.91 Å². The lowest BCUT2D eigenvalue weighted by Gasteiger charge is -2.20. The summed E-state index contributed by atoms with van der Waals surface area (Å²) in [5.41, 5.74) is 5.77. The van der Waals surface area contributed by atoms with E-state index < -0.39 is 6.04 Å². The molecule has 88 valence electrons. The van der Waals surface area contributed by atoms with E-state index in [-0.39, 0.29) is 17.9 Å². The third-order valence-electron chi connectivity index (χ3n) is 3.16. The lowest BCUT2D eigenvalue weighted by Crippen LogP contribution is -2.42. The molecule has 0 aromatic heterocycles. The van der Waals surface area contributed by atoms with Crippen molar-refractivity contribution in [3.05, 3.63) is 0 Å². The van der Waals surface area contributed by atoms with Crippen molar-refractivity contribution in [2.45, 2.75) is 45.3 Å². The third kappa shape index (κ3) is 2.92. The number of nitrogens with two attached hydrogens (primary N) is 1. The molecule has 4 nitrogen and oxygen atoms in total. The summed E-state index contributed by atoms with van der Waals surface area (Å²) >= 11 is 0. The number of amides is 1. The molecule has 1 saturated heterocycles. The maximum atomic E-state index is 11.8. The Balaban J connectivity index is 2.48. The molecule has 3 atom stereocenters. The van der Waals surface area contributed by atoms with Gasteiger partial charge in [-0.1, -0.05) is 20.3 Å². The number of aliphatic hydroxyl groups is 1. The zero-order valence-electron chi connectivity index (χ0n) is 9.65. The molecule has 15 heavy (non-hydrogen) atoms. The Kier molecular flexibility index (Phi) is 4.54. The minimum absolute atomic E-state index is 0.00755. The lowest BCUT2D eigenvalue weighted by molar-refractivity contribution is -0.132. The van der Waals surface area contributed by atoms with Crippen molar-refractivity contribution >= 4 is 5.91 Å². The highest BCUT2D eigenvalue weighted by molar-refractivity contribution is 5.81. The summed E-state index contributed by atoms with van der Waals surface area (Å²) in [4.78, 5) is 13.5. The molecule has 0 saturated carbocycles. The van der Waals surface area contributed by atoms with Gasteiger partial charge in [-0.2, -0.15) is 0 Å². The molecule has 0 aromatic rings. The van der Waals surface area contributed by atoms with Crippen LogP contribution in [0, 0.1) is 5.92 Å². The van der Waals surface area contributed by atoms with E-state index in [0.29, 0.717) is 13.1 Å². The van der Waals surface area contributed by atoms with Crippen LogP contribution in [0.3, 0.4) is 0 Å². The second-order valence-electron chi connectivity index (χ2n) is 4.37. The first-order valence-electron chi connectivity index (χ1n) is 5.82. The van der Waals surface area contributed by atoms with Gasteiger partial charge in [0.1, 0.15) is 0 Å². The smallest absolute Gasteiger partial charge is 0.239 e. The van der Waals surface area contributed by atoms with Gasteiger partial charge in [0.25, 0.3) is 0 Å². The van der Waals surface area contributed by atoms with Crippen molar-refractivity contribution in [1.29, 1.82) is 0 Å². The highest BCUT2D eigenvalue weighted by atomic mass is 16.3. The van der Waals surface area contributed by atoms with E-state index in [0.717, 1.165) is 19.3 Å². The summed E-state index contributed by atoms with van der Waals surface area (Å²) in [5.74, 6) is 0.217. The maximum Gasteiger partial charge on any atom is 0.239 e. The van der Waals surface area contributed by atoms with Crippen molar-refractivity contribution in [2.24, 2.45) is 11.7 Å². The summed E-state index contributed by atoms with van der Waals surface area (Å²) in [6.07, 6.45) is 2.18. The number of rotatable bonds is 4. The van der Waals surface area contributed by atoms with E-state index in [4.69, 9.17) is 5.73 Å². The van der Waals surface area contributed by atoms with Crippen LogP contribution in [0.4, 0.5) is 0 Å². The molecule has 0 aromatic carbocycles. The van der Waals surface area contributed by atoms with E-state index in [2.05, 4.69) is 0 Å². The average Bonchev–Trinajstić information content (AvgIpc) is 2.59. The second-order valence-corrected chi connectivity index (χ2v) is 4.37. The Bertz CT molecular complexity index is 221. The maximum absolute atomic E-state index is 11.8. The number of β-amino-alcohol motifs (C(OH)–C–C–N with tert-alkyl or cyclic N) is 1. The first-order chi connectivity index (χ1) is 7.10. The molecular weight excluding hydrogens is 192 g/mol. The van der Waals surface area contributed by atoms with Gasteiger partial charge in [0.05, 0.1) is 12.1 Å². The van der Waals surface area contributed by atoms with Crippen LogP contribution in [0.15, 0.2) is 0 Å². The van der Waals surface area contributed by atoms with Crippen LogP contribution in [0.5, 0.6) is 0 Å². The van der Waals surface area contributed by atoms with E-state index in [1.54, 1.807) is 4.90 Å². The fraction of sp³-hybridized carbons (Fsp3) is 0.909. The van der Waals surface area contributed by atoms with Crippen LogP contribution in [-0.4, -0.2) is 41.1 Å². The predicted molar refractivity (Wildman–Crippen MR) is 59.3 cm³/mol. The standard InChI is InChI=1S/C11H22N2O2/c1-3-5-9(12)11(15)13-6-8(4-2)10(14)7-13/h8-10,14H,3-7,12H2,1-2H3. The molecule has 1 aliphatic heterocycles. The van der Waals surface area contributed by atoms with Crippen LogP contribution in [-0.2, 0) is 4.79 Å². The Morgan fingerprint density at radius 1 is 1.53 bits per heavy atom. The van der Waals surface area contributed by atoms with Gasteiger partial charge in [-0.15, -0.1) is 0 Å². The Morgan fingerprint density at radius 3 is 2.67 bits per heavy atom. The molecule has 1 heterocycles. The number of carbonyl (C=O) groups is 1. The molecule has 3 unspecified atom stereocenters. The van der Waals surface area contributed by atoms with E-state index >= 15 is 0 Å². The normalized spacial score (nSPS) is 28.1. The summed E-state index contributed by atoms with van der Waals surface area (Å²) in [6.45, 7) is 5.16. The lowest BCUT2D eigenvalue weighted by atomic mass is 10.0. The Morgan fingerprint density at radius 2 is 2.20 bits per heavy atom. The zero-order chi connectivity index (χ0) is 11.4. The number of likely N-dealkylation sites (tertiary alicyclic amines) is 1. The van der Waals surface area contributed by atoms with Gasteiger partial charge < -0.3 is 15.7 Å². The van der Waals surface area contributed by atoms with Crippen LogP contribution in [0.25, 0.3) is 0 Å². The number of hydrogen-bond donors (Lipinski definition) is 2. The first kappa shape index (κ1) is 12.5. The topological polar surface area (TPSA) is 66.6 Å². The van der Waals surface area contributed by atoms with Crippen molar-refractivity contribution in [3.8, 4) is 0 Å². The van der Waals surface area contributed by atoms with Crippen molar-refractivity contribution in [1.82, 2.24) is 4.90 Å². The average molecular weight is 214 g/mol. The van der Waals surface area contributed by atoms with Gasteiger partial charge in [-0.3, -0.25) is 4.79 Å². The SMILES string of the molecule is CCCC(N)C(=O)N1CC(O)C(CC)C1. The van der Waals surface area contributed by atoms with Crippen LogP contribution in [0.2, 0.25) is 0 Å². The van der Waals surface area contributed by atoms with Crippen molar-refractivity contribution in [2.75, 3.05) is 13.1 Å². The fourth-order valence-electron chi connectivity index (χ4n) is 2.10. The largest absolute Gasteiger partial charge is 0.391 e. The van der Waals surface area contributed by atoms with Gasteiger partial charge in [-0.05, 0) is 12.8 Å². The molecule has 0 bridgehead atoms. The van der Waals surface area contributed by atoms with Gasteiger partial charge in [0, 0.05) is 19.0 Å².